The largest absolute Gasteiger partial charge is 0.447 e. The zero-order valence-corrected chi connectivity index (χ0v) is 21.7. The van der Waals surface area contributed by atoms with Gasteiger partial charge in [0.05, 0.1) is 17.7 Å². The van der Waals surface area contributed by atoms with Crippen molar-refractivity contribution >= 4 is 29.4 Å². The van der Waals surface area contributed by atoms with Gasteiger partial charge in [-0.05, 0) is 56.5 Å². The molecule has 2 fully saturated rings. The number of rotatable bonds is 5. The van der Waals surface area contributed by atoms with Gasteiger partial charge in [0, 0.05) is 56.3 Å². The molecule has 2 amide bonds. The minimum Gasteiger partial charge on any atom is -0.447 e. The molecule has 0 saturated carbocycles. The molecule has 190 valence electrons. The van der Waals surface area contributed by atoms with Gasteiger partial charge in [0.2, 0.25) is 5.91 Å². The van der Waals surface area contributed by atoms with Crippen molar-refractivity contribution in [3.8, 4) is 6.07 Å². The van der Waals surface area contributed by atoms with Crippen LogP contribution in [0.3, 0.4) is 0 Å². The Balaban J connectivity index is 1.44. The molecule has 4 rings (SSSR count). The zero-order chi connectivity index (χ0) is 25.8. The molecule has 3 heterocycles. The van der Waals surface area contributed by atoms with Crippen LogP contribution < -0.4 is 4.90 Å². The van der Waals surface area contributed by atoms with E-state index in [0.717, 1.165) is 37.3 Å². The van der Waals surface area contributed by atoms with E-state index in [9.17, 15) is 9.59 Å². The molecular formula is C27H32ClN5O3. The molecule has 0 N–H and O–H groups in total. The Labute approximate surface area is 217 Å². The van der Waals surface area contributed by atoms with E-state index in [1.165, 1.54) is 0 Å². The summed E-state index contributed by atoms with van der Waals surface area (Å²) in [6, 6.07) is 13.1. The van der Waals surface area contributed by atoms with Crippen molar-refractivity contribution in [3.63, 3.8) is 0 Å². The van der Waals surface area contributed by atoms with Crippen molar-refractivity contribution in [2.45, 2.75) is 44.8 Å². The smallest absolute Gasteiger partial charge is 0.410 e. The summed E-state index contributed by atoms with van der Waals surface area (Å²) in [5.41, 5.74) is 1.58. The summed E-state index contributed by atoms with van der Waals surface area (Å²) in [6.07, 6.45) is 2.45. The lowest BCUT2D eigenvalue weighted by molar-refractivity contribution is -0.135. The van der Waals surface area contributed by atoms with Crippen molar-refractivity contribution in [1.29, 1.82) is 5.26 Å². The van der Waals surface area contributed by atoms with Crippen molar-refractivity contribution < 1.29 is 14.3 Å². The number of pyridine rings is 1. The summed E-state index contributed by atoms with van der Waals surface area (Å²) >= 11 is 6.11. The molecule has 0 radical (unpaired) electrons. The number of aromatic nitrogens is 1. The van der Waals surface area contributed by atoms with Crippen LogP contribution >= 0.6 is 11.6 Å². The van der Waals surface area contributed by atoms with Gasteiger partial charge in [-0.1, -0.05) is 23.7 Å². The number of carbonyl (C=O) groups excluding carboxylic acids is 2. The molecule has 8 nitrogen and oxygen atoms in total. The zero-order valence-electron chi connectivity index (χ0n) is 20.9. The molecule has 1 unspecified atom stereocenters. The van der Waals surface area contributed by atoms with Crippen molar-refractivity contribution in [3.05, 3.63) is 58.7 Å². The molecule has 1 aromatic heterocycles. The fourth-order valence-electron chi connectivity index (χ4n) is 5.07. The molecule has 9 heteroatoms. The summed E-state index contributed by atoms with van der Waals surface area (Å²) < 4.78 is 5.44. The summed E-state index contributed by atoms with van der Waals surface area (Å²) in [5.74, 6) is 0.861. The second-order valence-electron chi connectivity index (χ2n) is 9.79. The number of hydrogen-bond acceptors (Lipinski definition) is 6. The van der Waals surface area contributed by atoms with E-state index in [1.54, 1.807) is 24.2 Å². The van der Waals surface area contributed by atoms with Crippen LogP contribution in [0.2, 0.25) is 5.02 Å². The predicted molar refractivity (Wildman–Crippen MR) is 138 cm³/mol. The number of halogens is 1. The Hall–Kier alpha value is -3.31. The van der Waals surface area contributed by atoms with Gasteiger partial charge in [0.1, 0.15) is 11.9 Å². The lowest BCUT2D eigenvalue weighted by Crippen LogP contribution is -2.45. The molecule has 0 spiro atoms. The SMILES string of the molecule is CC(C)OC(=O)N(C)[C@@H]1CN(C(=O)C2CCN(c3ccc(C#N)cn3)CC2)CC1c1ccc(Cl)cc1. The number of anilines is 1. The Morgan fingerprint density at radius 2 is 1.83 bits per heavy atom. The Morgan fingerprint density at radius 3 is 2.42 bits per heavy atom. The number of carbonyl (C=O) groups is 2. The standard InChI is InChI=1S/C27H32ClN5O3/c1-18(2)36-27(35)31(3)24-17-33(16-23(24)20-5-7-22(28)8-6-20)26(34)21-10-12-32(13-11-21)25-9-4-19(14-29)15-30-25/h4-9,15,18,21,23-24H,10-13,16-17H2,1-3H3/t23?,24-/m1/s1. The van der Waals surface area contributed by atoms with Crippen LogP contribution in [0.1, 0.15) is 43.7 Å². The fourth-order valence-corrected chi connectivity index (χ4v) is 5.20. The number of likely N-dealkylation sites (N-methyl/N-ethyl adjacent to an activating group) is 1. The highest BCUT2D eigenvalue weighted by atomic mass is 35.5. The van der Waals surface area contributed by atoms with Crippen molar-refractivity contribution in [2.24, 2.45) is 5.92 Å². The lowest BCUT2D eigenvalue weighted by atomic mass is 9.93. The van der Waals surface area contributed by atoms with E-state index < -0.39 is 0 Å². The number of piperidine rings is 1. The van der Waals surface area contributed by atoms with Crippen LogP contribution in [0.5, 0.6) is 0 Å². The number of hydrogen-bond donors (Lipinski definition) is 0. The van der Waals surface area contributed by atoms with Gasteiger partial charge in [-0.3, -0.25) is 4.79 Å². The van der Waals surface area contributed by atoms with Crippen LogP contribution in [0.15, 0.2) is 42.6 Å². The molecule has 2 aromatic rings. The first kappa shape index (κ1) is 25.8. The molecule has 0 bridgehead atoms. The van der Waals surface area contributed by atoms with E-state index in [2.05, 4.69) is 16.0 Å². The first-order chi connectivity index (χ1) is 17.3. The Bertz CT molecular complexity index is 1110. The van der Waals surface area contributed by atoms with Crippen LogP contribution in [0, 0.1) is 17.2 Å². The summed E-state index contributed by atoms with van der Waals surface area (Å²) in [4.78, 5) is 36.4. The van der Waals surface area contributed by atoms with Crippen LogP contribution in [0.25, 0.3) is 0 Å². The highest BCUT2D eigenvalue weighted by Crippen LogP contribution is 2.34. The maximum absolute atomic E-state index is 13.6. The maximum atomic E-state index is 13.6. The number of ether oxygens (including phenoxy) is 1. The first-order valence-corrected chi connectivity index (χ1v) is 12.7. The molecule has 2 aliphatic rings. The van der Waals surface area contributed by atoms with Gasteiger partial charge in [0.25, 0.3) is 0 Å². The lowest BCUT2D eigenvalue weighted by Gasteiger charge is -2.34. The molecule has 2 saturated heterocycles. The number of likely N-dealkylation sites (tertiary alicyclic amines) is 1. The minimum atomic E-state index is -0.383. The second kappa shape index (κ2) is 11.2. The van der Waals surface area contributed by atoms with E-state index in [1.807, 2.05) is 49.1 Å². The van der Waals surface area contributed by atoms with Crippen LogP contribution in [-0.4, -0.2) is 72.2 Å². The van der Waals surface area contributed by atoms with Crippen molar-refractivity contribution in [2.75, 3.05) is 38.1 Å². The summed E-state index contributed by atoms with van der Waals surface area (Å²) in [5, 5.41) is 9.63. The average Bonchev–Trinajstić information content (AvgIpc) is 3.33. The summed E-state index contributed by atoms with van der Waals surface area (Å²) in [6.45, 7) is 6.12. The normalized spacial score (nSPS) is 20.3. The van der Waals surface area contributed by atoms with Crippen LogP contribution in [0.4, 0.5) is 10.6 Å². The molecule has 2 aliphatic heterocycles. The number of nitriles is 1. The third-order valence-corrected chi connectivity index (χ3v) is 7.32. The molecule has 1 aromatic carbocycles. The highest BCUT2D eigenvalue weighted by Gasteiger charge is 2.42. The highest BCUT2D eigenvalue weighted by molar-refractivity contribution is 6.30. The third kappa shape index (κ3) is 5.73. The number of amides is 2. The number of nitrogens with zero attached hydrogens (tertiary/aromatic N) is 5. The third-order valence-electron chi connectivity index (χ3n) is 7.07. The van der Waals surface area contributed by atoms with Crippen molar-refractivity contribution in [1.82, 2.24) is 14.8 Å². The molecule has 0 aliphatic carbocycles. The van der Waals surface area contributed by atoms with Gasteiger partial charge >= 0.3 is 6.09 Å². The second-order valence-corrected chi connectivity index (χ2v) is 10.2. The fraction of sp³-hybridized carbons (Fsp3) is 0.481. The van der Waals surface area contributed by atoms with Gasteiger partial charge in [-0.15, -0.1) is 0 Å². The Morgan fingerprint density at radius 1 is 1.14 bits per heavy atom. The predicted octanol–water partition coefficient (Wildman–Crippen LogP) is 4.29. The van der Waals surface area contributed by atoms with E-state index in [-0.39, 0.29) is 36.0 Å². The van der Waals surface area contributed by atoms with Gasteiger partial charge in [-0.2, -0.15) is 5.26 Å². The summed E-state index contributed by atoms with van der Waals surface area (Å²) in [7, 11) is 1.75. The molecule has 2 atom stereocenters. The first-order valence-electron chi connectivity index (χ1n) is 12.4. The van der Waals surface area contributed by atoms with E-state index >= 15 is 0 Å². The minimum absolute atomic E-state index is 0.0288. The quantitative estimate of drug-likeness (QED) is 0.597. The molecule has 36 heavy (non-hydrogen) atoms. The average molecular weight is 510 g/mol. The van der Waals surface area contributed by atoms with Crippen LogP contribution in [-0.2, 0) is 9.53 Å². The molecular weight excluding hydrogens is 478 g/mol. The topological polar surface area (TPSA) is 89.8 Å². The Kier molecular flexibility index (Phi) is 8.00. The van der Waals surface area contributed by atoms with Gasteiger partial charge in [-0.25, -0.2) is 9.78 Å². The number of benzene rings is 1. The van der Waals surface area contributed by atoms with E-state index in [0.29, 0.717) is 23.7 Å². The monoisotopic (exact) mass is 509 g/mol. The van der Waals surface area contributed by atoms with Gasteiger partial charge in [0.15, 0.2) is 0 Å². The maximum Gasteiger partial charge on any atom is 0.410 e. The van der Waals surface area contributed by atoms with E-state index in [4.69, 9.17) is 21.6 Å². The van der Waals surface area contributed by atoms with Gasteiger partial charge < -0.3 is 19.4 Å².